The molecule has 2 heteroatoms. The van der Waals surface area contributed by atoms with E-state index in [2.05, 4.69) is 12.2 Å². The van der Waals surface area contributed by atoms with Gasteiger partial charge in [0.1, 0.15) is 0 Å². The van der Waals surface area contributed by atoms with Crippen LogP contribution < -0.4 is 5.32 Å². The summed E-state index contributed by atoms with van der Waals surface area (Å²) in [4.78, 5) is 0. The molecule has 1 spiro atoms. The smallest absolute Gasteiger partial charge is 0.0483 e. The van der Waals surface area contributed by atoms with Gasteiger partial charge in [-0.3, -0.25) is 0 Å². The van der Waals surface area contributed by atoms with Crippen molar-refractivity contribution in [3.8, 4) is 0 Å². The van der Waals surface area contributed by atoms with E-state index in [1.54, 1.807) is 0 Å². The van der Waals surface area contributed by atoms with Crippen LogP contribution in [0.4, 0.5) is 0 Å². The molecule has 0 aromatic carbocycles. The molecule has 2 aliphatic rings. The summed E-state index contributed by atoms with van der Waals surface area (Å²) in [6.45, 7) is 5.49. The topological polar surface area (TPSA) is 21.3 Å². The van der Waals surface area contributed by atoms with Crippen molar-refractivity contribution in [2.24, 2.45) is 5.92 Å². The van der Waals surface area contributed by atoms with Gasteiger partial charge in [-0.15, -0.1) is 0 Å². The van der Waals surface area contributed by atoms with Crippen LogP contribution in [-0.2, 0) is 4.74 Å². The normalized spacial score (nSPS) is 36.3. The van der Waals surface area contributed by atoms with Gasteiger partial charge in [0.2, 0.25) is 0 Å². The molecule has 0 aromatic heterocycles. The first-order valence-electron chi connectivity index (χ1n) is 4.66. The van der Waals surface area contributed by atoms with Gasteiger partial charge in [0, 0.05) is 18.8 Å². The van der Waals surface area contributed by atoms with Gasteiger partial charge in [0.15, 0.2) is 0 Å². The van der Waals surface area contributed by atoms with Crippen molar-refractivity contribution >= 4 is 0 Å². The summed E-state index contributed by atoms with van der Waals surface area (Å²) in [6, 6.07) is 0. The predicted molar refractivity (Wildman–Crippen MR) is 44.6 cm³/mol. The highest BCUT2D eigenvalue weighted by atomic mass is 16.5. The molecule has 0 amide bonds. The van der Waals surface area contributed by atoms with Gasteiger partial charge in [-0.2, -0.15) is 0 Å². The number of hydrogen-bond acceptors (Lipinski definition) is 2. The van der Waals surface area contributed by atoms with Gasteiger partial charge in [-0.25, -0.2) is 0 Å². The number of rotatable bonds is 0. The molecule has 1 N–H and O–H groups in total. The summed E-state index contributed by atoms with van der Waals surface area (Å²) in [5.41, 5.74) is 0.457. The van der Waals surface area contributed by atoms with Crippen molar-refractivity contribution in [3.63, 3.8) is 0 Å². The first-order chi connectivity index (χ1) is 5.33. The number of nitrogens with one attached hydrogen (secondary N) is 1. The summed E-state index contributed by atoms with van der Waals surface area (Å²) in [5.74, 6) is 0.853. The maximum atomic E-state index is 5.36. The summed E-state index contributed by atoms with van der Waals surface area (Å²) < 4.78 is 5.36. The lowest BCUT2D eigenvalue weighted by Crippen LogP contribution is -2.48. The van der Waals surface area contributed by atoms with Gasteiger partial charge in [-0.05, 0) is 31.7 Å². The van der Waals surface area contributed by atoms with Crippen molar-refractivity contribution in [2.45, 2.75) is 31.7 Å². The molecule has 0 bridgehead atoms. The molecule has 2 fully saturated rings. The maximum Gasteiger partial charge on any atom is 0.0483 e. The van der Waals surface area contributed by atoms with Crippen LogP contribution in [0.2, 0.25) is 0 Å². The molecule has 0 unspecified atom stereocenters. The third-order valence-electron chi connectivity index (χ3n) is 3.38. The molecule has 2 nitrogen and oxygen atoms in total. The van der Waals surface area contributed by atoms with Crippen LogP contribution >= 0.6 is 0 Å². The van der Waals surface area contributed by atoms with Crippen molar-refractivity contribution in [1.82, 2.24) is 5.32 Å². The molecule has 0 saturated carbocycles. The Balaban J connectivity index is 2.06. The van der Waals surface area contributed by atoms with Gasteiger partial charge in [-0.1, -0.05) is 6.92 Å². The Morgan fingerprint density at radius 3 is 2.64 bits per heavy atom. The van der Waals surface area contributed by atoms with Crippen molar-refractivity contribution < 1.29 is 4.74 Å². The van der Waals surface area contributed by atoms with E-state index < -0.39 is 0 Å². The molecule has 2 heterocycles. The molecule has 2 rings (SSSR count). The monoisotopic (exact) mass is 155 g/mol. The third-order valence-corrected chi connectivity index (χ3v) is 3.38. The van der Waals surface area contributed by atoms with Crippen LogP contribution in [0.5, 0.6) is 0 Å². The average Bonchev–Trinajstić information content (AvgIpc) is 2.36. The summed E-state index contributed by atoms with van der Waals surface area (Å²) in [5, 5.41) is 3.64. The largest absolute Gasteiger partial charge is 0.381 e. The standard InChI is InChI=1S/C9H17NO/c1-8-2-5-10-9(8)3-6-11-7-4-9/h8,10H,2-7H2,1H3/t8-/m1/s1. The second-order valence-electron chi connectivity index (χ2n) is 3.89. The molecular weight excluding hydrogens is 138 g/mol. The second kappa shape index (κ2) is 2.76. The Kier molecular flexibility index (Phi) is 1.90. The molecule has 64 valence electrons. The zero-order valence-electron chi connectivity index (χ0n) is 7.23. The molecule has 0 radical (unpaired) electrons. The summed E-state index contributed by atoms with van der Waals surface area (Å²) in [6.07, 6.45) is 3.78. The van der Waals surface area contributed by atoms with E-state index in [1.165, 1.54) is 25.8 Å². The second-order valence-corrected chi connectivity index (χ2v) is 3.89. The van der Waals surface area contributed by atoms with E-state index in [-0.39, 0.29) is 0 Å². The quantitative estimate of drug-likeness (QED) is 0.567. The zero-order chi connectivity index (χ0) is 7.73. The lowest BCUT2D eigenvalue weighted by Gasteiger charge is -2.37. The molecule has 11 heavy (non-hydrogen) atoms. The Hall–Kier alpha value is -0.0800. The highest BCUT2D eigenvalue weighted by Gasteiger charge is 2.40. The number of ether oxygens (including phenoxy) is 1. The minimum Gasteiger partial charge on any atom is -0.381 e. The van der Waals surface area contributed by atoms with Crippen LogP contribution in [0.15, 0.2) is 0 Å². The van der Waals surface area contributed by atoms with E-state index in [1.807, 2.05) is 0 Å². The molecule has 0 aliphatic carbocycles. The zero-order valence-corrected chi connectivity index (χ0v) is 7.23. The Morgan fingerprint density at radius 2 is 2.09 bits per heavy atom. The van der Waals surface area contributed by atoms with E-state index in [0.29, 0.717) is 5.54 Å². The number of hydrogen-bond donors (Lipinski definition) is 1. The first kappa shape index (κ1) is 7.56. The van der Waals surface area contributed by atoms with Crippen molar-refractivity contribution in [1.29, 1.82) is 0 Å². The molecule has 2 saturated heterocycles. The minimum absolute atomic E-state index is 0.457. The fourth-order valence-corrected chi connectivity index (χ4v) is 2.39. The van der Waals surface area contributed by atoms with Crippen LogP contribution in [0, 0.1) is 5.92 Å². The lowest BCUT2D eigenvalue weighted by atomic mass is 9.80. The Bertz CT molecular complexity index is 140. The van der Waals surface area contributed by atoms with Gasteiger partial charge in [0.25, 0.3) is 0 Å². The summed E-state index contributed by atoms with van der Waals surface area (Å²) in [7, 11) is 0. The predicted octanol–water partition coefficient (Wildman–Crippen LogP) is 1.17. The average molecular weight is 155 g/mol. The minimum atomic E-state index is 0.457. The molecule has 1 atom stereocenters. The summed E-state index contributed by atoms with van der Waals surface area (Å²) >= 11 is 0. The molecule has 2 aliphatic heterocycles. The highest BCUT2D eigenvalue weighted by molar-refractivity contribution is 4.98. The van der Waals surface area contributed by atoms with Crippen LogP contribution in [0.1, 0.15) is 26.2 Å². The van der Waals surface area contributed by atoms with Crippen LogP contribution in [0.3, 0.4) is 0 Å². The first-order valence-corrected chi connectivity index (χ1v) is 4.66. The van der Waals surface area contributed by atoms with E-state index in [0.717, 1.165) is 19.1 Å². The molecule has 0 aromatic rings. The van der Waals surface area contributed by atoms with E-state index >= 15 is 0 Å². The Labute approximate surface area is 68.3 Å². The Morgan fingerprint density at radius 1 is 1.36 bits per heavy atom. The SMILES string of the molecule is C[C@@H]1CCNC12CCOCC2. The van der Waals surface area contributed by atoms with Gasteiger partial charge < -0.3 is 10.1 Å². The van der Waals surface area contributed by atoms with Crippen LogP contribution in [0.25, 0.3) is 0 Å². The highest BCUT2D eigenvalue weighted by Crippen LogP contribution is 2.34. The van der Waals surface area contributed by atoms with Crippen molar-refractivity contribution in [3.05, 3.63) is 0 Å². The third kappa shape index (κ3) is 1.18. The van der Waals surface area contributed by atoms with Crippen molar-refractivity contribution in [2.75, 3.05) is 19.8 Å². The fraction of sp³-hybridized carbons (Fsp3) is 1.00. The van der Waals surface area contributed by atoms with Gasteiger partial charge in [0.05, 0.1) is 0 Å². The van der Waals surface area contributed by atoms with Crippen LogP contribution in [-0.4, -0.2) is 25.3 Å². The van der Waals surface area contributed by atoms with E-state index in [9.17, 15) is 0 Å². The maximum absolute atomic E-state index is 5.36. The van der Waals surface area contributed by atoms with E-state index in [4.69, 9.17) is 4.74 Å². The lowest BCUT2D eigenvalue weighted by molar-refractivity contribution is 0.0310. The fourth-order valence-electron chi connectivity index (χ4n) is 2.39. The molecular formula is C9H17NO. The van der Waals surface area contributed by atoms with Gasteiger partial charge >= 0.3 is 0 Å².